The van der Waals surface area contributed by atoms with Crippen molar-refractivity contribution in [1.29, 1.82) is 0 Å². The summed E-state index contributed by atoms with van der Waals surface area (Å²) in [6.07, 6.45) is 7.29. The SMILES string of the molecule is Cc1ccc2c(c1)CC(c1ccc(Cl)cc1NC(=O)CCl)=C2C1CCCCC1. The molecular formula is C24H25Cl2NO. The average Bonchev–Trinajstić information content (AvgIpc) is 3.06. The molecule has 0 aliphatic heterocycles. The summed E-state index contributed by atoms with van der Waals surface area (Å²) in [4.78, 5) is 12.0. The fraction of sp³-hybridized carbons (Fsp3) is 0.375. The molecule has 0 aromatic heterocycles. The zero-order valence-electron chi connectivity index (χ0n) is 16.2. The van der Waals surface area contributed by atoms with Crippen LogP contribution in [0.3, 0.4) is 0 Å². The van der Waals surface area contributed by atoms with Crippen LogP contribution in [0.4, 0.5) is 5.69 Å². The average molecular weight is 414 g/mol. The number of allylic oxidation sites excluding steroid dienone is 2. The lowest BCUT2D eigenvalue weighted by atomic mass is 9.79. The van der Waals surface area contributed by atoms with Crippen molar-refractivity contribution in [2.75, 3.05) is 11.2 Å². The first-order valence-corrected chi connectivity index (χ1v) is 11.0. The molecule has 1 fully saturated rings. The number of nitrogens with one attached hydrogen (secondary N) is 1. The largest absolute Gasteiger partial charge is 0.324 e. The second kappa shape index (κ2) is 8.31. The first kappa shape index (κ1) is 19.5. The molecular weight excluding hydrogens is 389 g/mol. The Morgan fingerprint density at radius 1 is 1.07 bits per heavy atom. The highest BCUT2D eigenvalue weighted by Gasteiger charge is 2.30. The molecule has 0 unspecified atom stereocenters. The topological polar surface area (TPSA) is 29.1 Å². The normalized spacial score (nSPS) is 17.0. The zero-order chi connectivity index (χ0) is 19.7. The van der Waals surface area contributed by atoms with E-state index in [0.29, 0.717) is 10.9 Å². The maximum absolute atomic E-state index is 12.0. The lowest BCUT2D eigenvalue weighted by Gasteiger charge is -2.26. The van der Waals surface area contributed by atoms with Gasteiger partial charge >= 0.3 is 0 Å². The Bertz CT molecular complexity index is 942. The molecule has 0 saturated heterocycles. The van der Waals surface area contributed by atoms with Crippen LogP contribution in [0.5, 0.6) is 0 Å². The second-order valence-electron chi connectivity index (χ2n) is 7.94. The Hall–Kier alpha value is -1.77. The van der Waals surface area contributed by atoms with E-state index in [4.69, 9.17) is 23.2 Å². The molecule has 4 heteroatoms. The molecule has 2 aliphatic carbocycles. The van der Waals surface area contributed by atoms with E-state index >= 15 is 0 Å². The number of carbonyl (C=O) groups is 1. The van der Waals surface area contributed by atoms with Gasteiger partial charge in [0.15, 0.2) is 0 Å². The number of carbonyl (C=O) groups excluding carboxylic acids is 1. The minimum absolute atomic E-state index is 0.0695. The number of hydrogen-bond acceptors (Lipinski definition) is 1. The van der Waals surface area contributed by atoms with Crippen molar-refractivity contribution in [2.24, 2.45) is 5.92 Å². The van der Waals surface area contributed by atoms with Crippen LogP contribution in [0.25, 0.3) is 11.1 Å². The van der Waals surface area contributed by atoms with Crippen molar-refractivity contribution in [3.63, 3.8) is 0 Å². The number of aryl methyl sites for hydroxylation is 1. The van der Waals surface area contributed by atoms with Crippen LogP contribution in [-0.4, -0.2) is 11.8 Å². The van der Waals surface area contributed by atoms with Crippen molar-refractivity contribution in [3.8, 4) is 0 Å². The minimum Gasteiger partial charge on any atom is -0.324 e. The molecule has 0 heterocycles. The van der Waals surface area contributed by atoms with Crippen LogP contribution in [0.2, 0.25) is 5.02 Å². The number of alkyl halides is 1. The Balaban J connectivity index is 1.85. The predicted octanol–water partition coefficient (Wildman–Crippen LogP) is 6.87. The van der Waals surface area contributed by atoms with Crippen LogP contribution in [0, 0.1) is 12.8 Å². The van der Waals surface area contributed by atoms with Gasteiger partial charge in [0.1, 0.15) is 5.88 Å². The monoisotopic (exact) mass is 413 g/mol. The van der Waals surface area contributed by atoms with Gasteiger partial charge in [-0.2, -0.15) is 0 Å². The van der Waals surface area contributed by atoms with Gasteiger partial charge < -0.3 is 5.32 Å². The fourth-order valence-electron chi connectivity index (χ4n) is 4.74. The predicted molar refractivity (Wildman–Crippen MR) is 119 cm³/mol. The molecule has 0 radical (unpaired) electrons. The van der Waals surface area contributed by atoms with Crippen molar-refractivity contribution in [3.05, 3.63) is 63.7 Å². The van der Waals surface area contributed by atoms with E-state index in [2.05, 4.69) is 30.4 Å². The zero-order valence-corrected chi connectivity index (χ0v) is 17.7. The standard InChI is InChI=1S/C24H25Cl2NO/c1-15-7-9-19-17(11-15)12-21(24(19)16-5-3-2-4-6-16)20-10-8-18(26)13-22(20)27-23(28)14-25/h7-11,13,16H,2-6,12,14H2,1H3,(H,27,28). The van der Waals surface area contributed by atoms with Gasteiger partial charge in [-0.3, -0.25) is 4.79 Å². The van der Waals surface area contributed by atoms with Crippen LogP contribution < -0.4 is 5.32 Å². The highest BCUT2D eigenvalue weighted by atomic mass is 35.5. The summed E-state index contributed by atoms with van der Waals surface area (Å²) in [5.41, 5.74) is 8.68. The Morgan fingerprint density at radius 3 is 2.57 bits per heavy atom. The summed E-state index contributed by atoms with van der Waals surface area (Å²) >= 11 is 12.0. The molecule has 1 amide bonds. The van der Waals surface area contributed by atoms with Gasteiger partial charge in [-0.1, -0.05) is 60.7 Å². The van der Waals surface area contributed by atoms with Crippen molar-refractivity contribution >= 4 is 45.9 Å². The molecule has 0 bridgehead atoms. The summed E-state index contributed by atoms with van der Waals surface area (Å²) in [6, 6.07) is 12.6. The van der Waals surface area contributed by atoms with Crippen LogP contribution in [0.15, 0.2) is 36.4 Å². The highest BCUT2D eigenvalue weighted by Crippen LogP contribution is 2.48. The first-order chi connectivity index (χ1) is 13.6. The van der Waals surface area contributed by atoms with E-state index in [-0.39, 0.29) is 11.8 Å². The van der Waals surface area contributed by atoms with Crippen LogP contribution in [-0.2, 0) is 11.2 Å². The van der Waals surface area contributed by atoms with Gasteiger partial charge in [-0.25, -0.2) is 0 Å². The van der Waals surface area contributed by atoms with Gasteiger partial charge in [0.2, 0.25) is 5.91 Å². The minimum atomic E-state index is -0.212. The van der Waals surface area contributed by atoms with Gasteiger partial charge in [0.05, 0.1) is 0 Å². The molecule has 0 atom stereocenters. The third kappa shape index (κ3) is 3.86. The molecule has 2 nitrogen and oxygen atoms in total. The Kier molecular flexibility index (Phi) is 5.80. The van der Waals surface area contributed by atoms with E-state index in [1.54, 1.807) is 0 Å². The van der Waals surface area contributed by atoms with Crippen LogP contribution >= 0.6 is 23.2 Å². The molecule has 2 aliphatic rings. The molecule has 146 valence electrons. The lowest BCUT2D eigenvalue weighted by molar-refractivity contribution is -0.113. The summed E-state index contributed by atoms with van der Waals surface area (Å²) in [5.74, 6) is 0.302. The van der Waals surface area contributed by atoms with E-state index in [0.717, 1.165) is 17.7 Å². The number of anilines is 1. The van der Waals surface area contributed by atoms with Gasteiger partial charge in [0, 0.05) is 16.3 Å². The van der Waals surface area contributed by atoms with E-state index < -0.39 is 0 Å². The van der Waals surface area contributed by atoms with E-state index in [1.165, 1.54) is 59.9 Å². The summed E-state index contributed by atoms with van der Waals surface area (Å²) in [7, 11) is 0. The van der Waals surface area contributed by atoms with Crippen molar-refractivity contribution in [2.45, 2.75) is 45.4 Å². The number of hydrogen-bond donors (Lipinski definition) is 1. The van der Waals surface area contributed by atoms with E-state index in [9.17, 15) is 4.79 Å². The van der Waals surface area contributed by atoms with E-state index in [1.807, 2.05) is 18.2 Å². The lowest BCUT2D eigenvalue weighted by Crippen LogP contribution is -2.14. The number of rotatable bonds is 4. The quantitative estimate of drug-likeness (QED) is 0.544. The summed E-state index contributed by atoms with van der Waals surface area (Å²) in [5, 5.41) is 3.56. The molecule has 0 spiro atoms. The first-order valence-electron chi connectivity index (χ1n) is 10.1. The number of amides is 1. The van der Waals surface area contributed by atoms with Gasteiger partial charge in [-0.15, -0.1) is 11.6 Å². The third-order valence-corrected chi connectivity index (χ3v) is 6.44. The maximum Gasteiger partial charge on any atom is 0.239 e. The molecule has 28 heavy (non-hydrogen) atoms. The molecule has 2 aromatic rings. The van der Waals surface area contributed by atoms with Crippen LogP contribution in [0.1, 0.15) is 54.4 Å². The smallest absolute Gasteiger partial charge is 0.239 e. The summed E-state index contributed by atoms with van der Waals surface area (Å²) in [6.45, 7) is 2.15. The number of benzene rings is 2. The third-order valence-electron chi connectivity index (χ3n) is 5.96. The molecule has 2 aromatic carbocycles. The van der Waals surface area contributed by atoms with Gasteiger partial charge in [-0.05, 0) is 66.5 Å². The Labute approximate surface area is 176 Å². The van der Waals surface area contributed by atoms with Gasteiger partial charge in [0.25, 0.3) is 0 Å². The number of halogens is 2. The molecule has 4 rings (SSSR count). The Morgan fingerprint density at radius 2 is 1.82 bits per heavy atom. The fourth-order valence-corrected chi connectivity index (χ4v) is 4.98. The molecule has 1 N–H and O–H groups in total. The second-order valence-corrected chi connectivity index (χ2v) is 8.64. The highest BCUT2D eigenvalue weighted by molar-refractivity contribution is 6.31. The number of fused-ring (bicyclic) bond motifs is 1. The summed E-state index contributed by atoms with van der Waals surface area (Å²) < 4.78 is 0. The maximum atomic E-state index is 12.0. The van der Waals surface area contributed by atoms with Crippen molar-refractivity contribution < 1.29 is 4.79 Å². The molecule has 1 saturated carbocycles. The van der Waals surface area contributed by atoms with Crippen molar-refractivity contribution in [1.82, 2.24) is 0 Å².